The summed E-state index contributed by atoms with van der Waals surface area (Å²) in [6, 6.07) is 90.2. The minimum Gasteiger partial charge on any atom is -1.00 e. The number of benzene rings is 9. The molecule has 74 heavy (non-hydrogen) atoms. The molecule has 0 aromatic heterocycles. The molecule has 0 nitrogen and oxygen atoms in total. The molecule has 5 heteroatoms. The maximum Gasteiger partial charge on any atom is -1.00 e. The summed E-state index contributed by atoms with van der Waals surface area (Å²) in [6.45, 7) is 9.92. The SMILES string of the molecule is CC1=C(C)C(C)([Si](c2cc(Cc3ccccc3)cc(Cc3ccccc3)c2)(c2cc(Cc3ccccc3)cc(Cc3ccccc3)c2)c2cc(Cc3ccccc3)cc(Cc3ccccc3)c2)[C]([Ti+3])=C1C.[Cl-].[Cl-].[Cl-]. The Morgan fingerprint density at radius 3 is 0.676 bits per heavy atom. The molecule has 0 saturated heterocycles. The van der Waals surface area contributed by atoms with Crippen LogP contribution in [0.3, 0.4) is 0 Å². The molecule has 1 unspecified atom stereocenters. The van der Waals surface area contributed by atoms with E-state index in [0.29, 0.717) is 0 Å². The molecule has 1 aliphatic carbocycles. The molecule has 0 N–H and O–H groups in total. The molecule has 10 rings (SSSR count). The number of hydrogen-bond acceptors (Lipinski definition) is 0. The maximum absolute atomic E-state index is 3.33. The van der Waals surface area contributed by atoms with Gasteiger partial charge in [-0.1, -0.05) is 0 Å². The maximum atomic E-state index is 2.67. The zero-order valence-corrected chi connectivity index (χ0v) is 47.7. The Hall–Kier alpha value is -5.74. The fourth-order valence-electron chi connectivity index (χ4n) is 11.8. The first-order valence-corrected chi connectivity index (χ1v) is 28.2. The normalized spacial score (nSPS) is 14.2. The zero-order valence-electron chi connectivity index (χ0n) is 42.9. The summed E-state index contributed by atoms with van der Waals surface area (Å²) in [6.07, 6.45) is 5.17. The summed E-state index contributed by atoms with van der Waals surface area (Å²) in [5.41, 5.74) is 20.5. The smallest absolute Gasteiger partial charge is 1.00 e. The summed E-state index contributed by atoms with van der Waals surface area (Å²) >= 11 is 2.48. The third-order valence-electron chi connectivity index (χ3n) is 15.5. The van der Waals surface area contributed by atoms with Gasteiger partial charge in [0, 0.05) is 0 Å². The number of halogens is 3. The molecular weight excluding hydrogens is 1010 g/mol. The second-order valence-corrected chi connectivity index (χ2v) is 25.2. The van der Waals surface area contributed by atoms with Gasteiger partial charge in [0.2, 0.25) is 0 Å². The fraction of sp³-hybridized carbons (Fsp3) is 0.159. The second kappa shape index (κ2) is 25.2. The van der Waals surface area contributed by atoms with E-state index in [1.165, 1.54) is 103 Å². The molecule has 0 saturated carbocycles. The van der Waals surface area contributed by atoms with Crippen molar-refractivity contribution in [2.45, 2.75) is 71.3 Å². The Morgan fingerprint density at radius 1 is 0.297 bits per heavy atom. The number of allylic oxidation sites excluding steroid dienone is 4. The van der Waals surface area contributed by atoms with Crippen LogP contribution in [0.25, 0.3) is 0 Å². The molecule has 9 aromatic rings. The molecular formula is C69H63Cl3SiTi. The Balaban J connectivity index is 0.00000267. The molecule has 0 bridgehead atoms. The van der Waals surface area contributed by atoms with Crippen molar-refractivity contribution in [1.29, 1.82) is 0 Å². The third-order valence-corrected chi connectivity index (χ3v) is 22.8. The van der Waals surface area contributed by atoms with Crippen LogP contribution >= 0.6 is 0 Å². The van der Waals surface area contributed by atoms with Crippen LogP contribution in [-0.4, -0.2) is 8.07 Å². The van der Waals surface area contributed by atoms with Crippen LogP contribution in [0.1, 0.15) is 94.5 Å². The van der Waals surface area contributed by atoms with Crippen LogP contribution in [0.2, 0.25) is 5.04 Å². The van der Waals surface area contributed by atoms with E-state index in [9.17, 15) is 0 Å². The van der Waals surface area contributed by atoms with E-state index in [4.69, 9.17) is 0 Å². The van der Waals surface area contributed by atoms with Gasteiger partial charge >= 0.3 is 439 Å². The largest absolute Gasteiger partial charge is 1.00 e. The van der Waals surface area contributed by atoms with E-state index in [1.807, 2.05) is 0 Å². The van der Waals surface area contributed by atoms with Gasteiger partial charge in [-0.25, -0.2) is 0 Å². The van der Waals surface area contributed by atoms with Crippen molar-refractivity contribution >= 4 is 23.6 Å². The van der Waals surface area contributed by atoms with E-state index < -0.39 is 8.07 Å². The predicted molar refractivity (Wildman–Crippen MR) is 299 cm³/mol. The van der Waals surface area contributed by atoms with Gasteiger partial charge in [0.05, 0.1) is 0 Å². The first kappa shape index (κ1) is 56.0. The standard InChI is InChI=1S/C69H63Si.3ClH.Ti/c1-51-50-69(4,53(3)52(51)2)70(66-44-60(35-54-23-11-5-12-24-54)41-61(45-66)36-55-25-13-6-14-26-55,67-46-62(37-56-27-15-7-16-28-56)42-63(47-67)38-57-29-17-8-18-30-57)68-48-64(39-58-31-19-9-20-32-58)43-65(49-68)40-59-33-21-10-22-34-59;;;;/h5-34,41-49H,35-40H2,1-4H3;3*1H;/q;;;;+3/p-3. The molecule has 0 spiro atoms. The van der Waals surface area contributed by atoms with Crippen LogP contribution in [0.4, 0.5) is 0 Å². The number of hydrogen-bond donors (Lipinski definition) is 0. The molecule has 0 heterocycles. The van der Waals surface area contributed by atoms with E-state index >= 15 is 0 Å². The van der Waals surface area contributed by atoms with Crippen LogP contribution < -0.4 is 52.8 Å². The Kier molecular flexibility index (Phi) is 19.1. The van der Waals surface area contributed by atoms with Crippen molar-refractivity contribution in [3.05, 3.63) is 324 Å². The van der Waals surface area contributed by atoms with Crippen molar-refractivity contribution in [3.63, 3.8) is 0 Å². The fourth-order valence-corrected chi connectivity index (χ4v) is 19.7. The van der Waals surface area contributed by atoms with Gasteiger partial charge in [0.15, 0.2) is 0 Å². The van der Waals surface area contributed by atoms with Crippen molar-refractivity contribution in [1.82, 2.24) is 0 Å². The molecule has 0 fully saturated rings. The predicted octanol–water partition coefficient (Wildman–Crippen LogP) is 5.64. The molecule has 0 amide bonds. The Morgan fingerprint density at radius 2 is 0.500 bits per heavy atom. The molecule has 1 aliphatic rings. The molecule has 1 atom stereocenters. The van der Waals surface area contributed by atoms with Crippen molar-refractivity contribution in [2.75, 3.05) is 0 Å². The quantitative estimate of drug-likeness (QED) is 0.0870. The van der Waals surface area contributed by atoms with Crippen molar-refractivity contribution in [3.8, 4) is 0 Å². The van der Waals surface area contributed by atoms with Crippen LogP contribution in [0.15, 0.2) is 257 Å². The van der Waals surface area contributed by atoms with Gasteiger partial charge in [-0.15, -0.1) is 0 Å². The van der Waals surface area contributed by atoms with Gasteiger partial charge in [-0.3, -0.25) is 0 Å². The summed E-state index contributed by atoms with van der Waals surface area (Å²) in [5, 5.41) is 4.10. The van der Waals surface area contributed by atoms with Crippen molar-refractivity contribution in [2.24, 2.45) is 0 Å². The van der Waals surface area contributed by atoms with Gasteiger partial charge in [0.1, 0.15) is 0 Å². The summed E-state index contributed by atoms with van der Waals surface area (Å²) in [7, 11) is -3.33. The average molecular weight is 1070 g/mol. The van der Waals surface area contributed by atoms with Gasteiger partial charge in [0.25, 0.3) is 0 Å². The zero-order chi connectivity index (χ0) is 48.8. The van der Waals surface area contributed by atoms with Gasteiger partial charge in [-0.2, -0.15) is 0 Å². The topological polar surface area (TPSA) is 0 Å². The van der Waals surface area contributed by atoms with E-state index in [0.717, 1.165) is 38.5 Å². The number of rotatable bonds is 16. The first-order chi connectivity index (χ1) is 34.6. The van der Waals surface area contributed by atoms with E-state index in [-0.39, 0.29) is 42.3 Å². The van der Waals surface area contributed by atoms with Gasteiger partial charge in [-0.05, 0) is 0 Å². The van der Waals surface area contributed by atoms with Crippen molar-refractivity contribution < 1.29 is 57.7 Å². The first-order valence-electron chi connectivity index (χ1n) is 25.4. The third kappa shape index (κ3) is 12.0. The minimum absolute atomic E-state index is 0. The van der Waals surface area contributed by atoms with Crippen LogP contribution in [0.5, 0.6) is 0 Å². The van der Waals surface area contributed by atoms with E-state index in [1.54, 1.807) is 0 Å². The van der Waals surface area contributed by atoms with E-state index in [2.05, 4.69) is 285 Å². The molecule has 0 aliphatic heterocycles. The van der Waals surface area contributed by atoms with Crippen LogP contribution in [0, 0.1) is 0 Å². The average Bonchev–Trinajstić information content (AvgIpc) is 3.54. The summed E-state index contributed by atoms with van der Waals surface area (Å²) in [4.78, 5) is 0. The summed E-state index contributed by atoms with van der Waals surface area (Å²) in [5.74, 6) is 0. The minimum atomic E-state index is -3.33. The molecule has 0 radical (unpaired) electrons. The molecule has 368 valence electrons. The Labute approximate surface area is 472 Å². The van der Waals surface area contributed by atoms with Crippen LogP contribution in [-0.2, 0) is 59.0 Å². The monoisotopic (exact) mass is 1070 g/mol. The summed E-state index contributed by atoms with van der Waals surface area (Å²) < 4.78 is 1.49. The molecule has 9 aromatic carbocycles. The second-order valence-electron chi connectivity index (χ2n) is 20.2. The Bertz CT molecular complexity index is 2820. The van der Waals surface area contributed by atoms with Gasteiger partial charge < -0.3 is 37.2 Å².